The van der Waals surface area contributed by atoms with Crippen LogP contribution in [0.1, 0.15) is 77.1 Å². The summed E-state index contributed by atoms with van der Waals surface area (Å²) in [6, 6.07) is 8.61. The van der Waals surface area contributed by atoms with Gasteiger partial charge in [0.1, 0.15) is 18.0 Å². The van der Waals surface area contributed by atoms with E-state index in [4.69, 9.17) is 9.47 Å². The summed E-state index contributed by atoms with van der Waals surface area (Å²) >= 11 is 0. The molecule has 3 aliphatic rings. The minimum Gasteiger partial charge on any atom is -0.444 e. The van der Waals surface area contributed by atoms with Crippen LogP contribution in [-0.2, 0) is 22.6 Å². The summed E-state index contributed by atoms with van der Waals surface area (Å²) < 4.78 is 10.8. The van der Waals surface area contributed by atoms with Crippen LogP contribution in [-0.4, -0.2) is 69.8 Å². The number of piperidine rings is 1. The van der Waals surface area contributed by atoms with E-state index in [-0.39, 0.29) is 30.9 Å². The first-order valence-electron chi connectivity index (χ1n) is 14.3. The molecule has 0 radical (unpaired) electrons. The highest BCUT2D eigenvalue weighted by molar-refractivity contribution is 5.89. The van der Waals surface area contributed by atoms with Crippen molar-refractivity contribution in [2.45, 2.75) is 85.2 Å². The third kappa shape index (κ3) is 6.16. The Labute approximate surface area is 237 Å². The van der Waals surface area contributed by atoms with Gasteiger partial charge in [0.05, 0.1) is 11.6 Å². The fraction of sp³-hybridized carbons (Fsp3) is 0.600. The van der Waals surface area contributed by atoms with E-state index in [2.05, 4.69) is 51.4 Å². The Bertz CT molecular complexity index is 1230. The predicted octanol–water partition coefficient (Wildman–Crippen LogP) is 5.35. The highest BCUT2D eigenvalue weighted by atomic mass is 16.6. The number of amides is 2. The van der Waals surface area contributed by atoms with Crippen LogP contribution in [0.5, 0.6) is 0 Å². The quantitative estimate of drug-likeness (QED) is 0.514. The minimum atomic E-state index is -0.454. The largest absolute Gasteiger partial charge is 0.444 e. The topological polar surface area (TPSA) is 100 Å². The van der Waals surface area contributed by atoms with Crippen molar-refractivity contribution in [1.29, 1.82) is 0 Å². The summed E-state index contributed by atoms with van der Waals surface area (Å²) in [6.45, 7) is 16.5. The molecule has 1 aromatic carbocycles. The summed E-state index contributed by atoms with van der Waals surface area (Å²) in [4.78, 5) is 39.6. The molecule has 1 aromatic heterocycles. The van der Waals surface area contributed by atoms with Crippen molar-refractivity contribution in [2.75, 3.05) is 36.4 Å². The molecule has 4 heterocycles. The lowest BCUT2D eigenvalue weighted by Gasteiger charge is -2.54. The number of nitrogens with one attached hydrogen (secondary N) is 1. The molecule has 2 aromatic rings. The van der Waals surface area contributed by atoms with Crippen LogP contribution >= 0.6 is 0 Å². The number of carbonyl (C=O) groups is 2. The second kappa shape index (κ2) is 10.9. The molecule has 2 saturated heterocycles. The Balaban J connectivity index is 1.11. The number of ether oxygens (including phenoxy) is 2. The first-order valence-corrected chi connectivity index (χ1v) is 14.3. The molecule has 0 bridgehead atoms. The van der Waals surface area contributed by atoms with E-state index >= 15 is 0 Å². The second-order valence-corrected chi connectivity index (χ2v) is 12.8. The third-order valence-corrected chi connectivity index (χ3v) is 7.96. The molecule has 1 atom stereocenters. The van der Waals surface area contributed by atoms with Crippen molar-refractivity contribution < 1.29 is 19.1 Å². The summed E-state index contributed by atoms with van der Waals surface area (Å²) in [5.74, 6) is 1.09. The van der Waals surface area contributed by atoms with Crippen LogP contribution in [0.2, 0.25) is 0 Å². The van der Waals surface area contributed by atoms with Gasteiger partial charge in [0.2, 0.25) is 5.95 Å². The number of nitrogens with zero attached hydrogens (tertiary/aromatic N) is 5. The van der Waals surface area contributed by atoms with Gasteiger partial charge >= 0.3 is 12.2 Å². The molecule has 1 spiro atoms. The van der Waals surface area contributed by atoms with Gasteiger partial charge in [-0.2, -0.15) is 4.98 Å². The van der Waals surface area contributed by atoms with E-state index in [1.54, 1.807) is 11.1 Å². The van der Waals surface area contributed by atoms with Crippen LogP contribution in [0.4, 0.5) is 21.4 Å². The molecule has 1 unspecified atom stereocenters. The predicted molar refractivity (Wildman–Crippen MR) is 153 cm³/mol. The monoisotopic (exact) mass is 550 g/mol. The number of hydrogen-bond donors (Lipinski definition) is 1. The van der Waals surface area contributed by atoms with Gasteiger partial charge in [-0.05, 0) is 70.9 Å². The Morgan fingerprint density at radius 3 is 2.42 bits per heavy atom. The Morgan fingerprint density at radius 1 is 1.12 bits per heavy atom. The summed E-state index contributed by atoms with van der Waals surface area (Å²) in [7, 11) is 0. The summed E-state index contributed by atoms with van der Waals surface area (Å²) in [5.41, 5.74) is 3.10. The van der Waals surface area contributed by atoms with Crippen molar-refractivity contribution in [1.82, 2.24) is 19.8 Å². The maximum atomic E-state index is 12.4. The highest BCUT2D eigenvalue weighted by Crippen LogP contribution is 2.41. The zero-order chi connectivity index (χ0) is 28.7. The van der Waals surface area contributed by atoms with Gasteiger partial charge in [-0.1, -0.05) is 24.3 Å². The van der Waals surface area contributed by atoms with Crippen LogP contribution in [0, 0.1) is 5.41 Å². The molecule has 2 fully saturated rings. The van der Waals surface area contributed by atoms with Crippen LogP contribution in [0.3, 0.4) is 0 Å². The maximum absolute atomic E-state index is 12.4. The highest BCUT2D eigenvalue weighted by Gasteiger charge is 2.45. The average Bonchev–Trinajstić information content (AvgIpc) is 2.87. The number of aromatic nitrogens is 2. The number of likely N-dealkylation sites (tertiary alicyclic amines) is 2. The molecule has 0 saturated carbocycles. The van der Waals surface area contributed by atoms with Crippen molar-refractivity contribution >= 4 is 24.0 Å². The number of fused-ring (bicyclic) bond motifs is 1. The lowest BCUT2D eigenvalue weighted by Crippen LogP contribution is -2.60. The van der Waals surface area contributed by atoms with Crippen LogP contribution in [0.25, 0.3) is 0 Å². The van der Waals surface area contributed by atoms with Gasteiger partial charge in [0.25, 0.3) is 0 Å². The van der Waals surface area contributed by atoms with Gasteiger partial charge in [-0.25, -0.2) is 14.6 Å². The third-order valence-electron chi connectivity index (χ3n) is 7.96. The first kappa shape index (κ1) is 28.1. The molecule has 3 aliphatic heterocycles. The number of carbonyl (C=O) groups excluding carboxylic acids is 2. The molecule has 216 valence electrons. The molecule has 0 aliphatic carbocycles. The fourth-order valence-electron chi connectivity index (χ4n) is 5.80. The molecule has 1 N–H and O–H groups in total. The van der Waals surface area contributed by atoms with Crippen molar-refractivity contribution in [3.8, 4) is 0 Å². The molecular weight excluding hydrogens is 508 g/mol. The van der Waals surface area contributed by atoms with Gasteiger partial charge in [0, 0.05) is 45.0 Å². The van der Waals surface area contributed by atoms with E-state index in [1.165, 1.54) is 5.56 Å². The number of anilines is 2. The zero-order valence-corrected chi connectivity index (χ0v) is 24.6. The lowest BCUT2D eigenvalue weighted by molar-refractivity contribution is -0.0550. The zero-order valence-electron chi connectivity index (χ0n) is 24.6. The molecule has 40 heavy (non-hydrogen) atoms. The fourth-order valence-corrected chi connectivity index (χ4v) is 5.80. The van der Waals surface area contributed by atoms with E-state index < -0.39 is 5.60 Å². The summed E-state index contributed by atoms with van der Waals surface area (Å²) in [6.07, 6.45) is 3.22. The van der Waals surface area contributed by atoms with E-state index in [1.807, 2.05) is 39.5 Å². The first-order chi connectivity index (χ1) is 18.9. The smallest absolute Gasteiger partial charge is 0.416 e. The molecular formula is C30H42N6O4. The van der Waals surface area contributed by atoms with Gasteiger partial charge in [-0.3, -0.25) is 9.80 Å². The van der Waals surface area contributed by atoms with E-state index in [9.17, 15) is 9.59 Å². The van der Waals surface area contributed by atoms with Crippen LogP contribution in [0.15, 0.2) is 30.5 Å². The summed E-state index contributed by atoms with van der Waals surface area (Å²) in [5, 5.41) is 3.38. The lowest BCUT2D eigenvalue weighted by atomic mass is 9.72. The van der Waals surface area contributed by atoms with Crippen molar-refractivity contribution in [3.05, 3.63) is 47.2 Å². The molecule has 10 nitrogen and oxygen atoms in total. The SMILES string of the molecule is CC(Nc1ncc2c(n1)N(C(C)C)C(=O)OC2)c1ccc(CN2CC3(CCN(C(=O)OC(C)(C)C)CC3)C2)cc1. The van der Waals surface area contributed by atoms with Gasteiger partial charge in [-0.15, -0.1) is 0 Å². The number of benzene rings is 1. The van der Waals surface area contributed by atoms with Crippen molar-refractivity contribution in [3.63, 3.8) is 0 Å². The standard InChI is InChI=1S/C30H42N6O4/c1-20(2)36-25-24(17-39-28(36)38)15-31-26(33-25)32-21(3)23-9-7-22(8-10-23)16-34-18-30(19-34)11-13-35(14-12-30)27(37)40-29(4,5)6/h7-10,15,20-21H,11-14,16-19H2,1-6H3,(H,31,32,33). The molecule has 10 heteroatoms. The second-order valence-electron chi connectivity index (χ2n) is 12.8. The van der Waals surface area contributed by atoms with Crippen LogP contribution < -0.4 is 10.2 Å². The number of rotatable bonds is 6. The van der Waals surface area contributed by atoms with E-state index in [0.717, 1.165) is 56.7 Å². The average molecular weight is 551 g/mol. The Morgan fingerprint density at radius 2 is 1.80 bits per heavy atom. The van der Waals surface area contributed by atoms with Crippen molar-refractivity contribution in [2.24, 2.45) is 5.41 Å². The van der Waals surface area contributed by atoms with E-state index in [0.29, 0.717) is 17.2 Å². The van der Waals surface area contributed by atoms with Gasteiger partial charge in [0.15, 0.2) is 0 Å². The normalized spacial score (nSPS) is 19.6. The Kier molecular flexibility index (Phi) is 7.65. The molecule has 5 rings (SSSR count). The Hall–Kier alpha value is -3.40. The maximum Gasteiger partial charge on any atom is 0.416 e. The number of hydrogen-bond acceptors (Lipinski definition) is 8. The van der Waals surface area contributed by atoms with Gasteiger partial charge < -0.3 is 19.7 Å². The minimum absolute atomic E-state index is 0.00224. The number of cyclic esters (lactones) is 1. The molecule has 2 amide bonds.